The molecule has 0 aromatic heterocycles. The van der Waals surface area contributed by atoms with E-state index >= 15 is 0 Å². The normalized spacial score (nSPS) is 22.3. The molecule has 0 spiro atoms. The second kappa shape index (κ2) is 4.44. The first-order valence-electron chi connectivity index (χ1n) is 5.80. The van der Waals surface area contributed by atoms with Gasteiger partial charge in [-0.05, 0) is 38.1 Å². The molecule has 1 heterocycles. The lowest BCUT2D eigenvalue weighted by molar-refractivity contribution is 0.198. The summed E-state index contributed by atoms with van der Waals surface area (Å²) in [5, 5.41) is 13.4. The molecule has 0 amide bonds. The van der Waals surface area contributed by atoms with Crippen LogP contribution in [0.4, 0.5) is 0 Å². The number of hydrogen-bond donors (Lipinski definition) is 2. The highest BCUT2D eigenvalue weighted by Gasteiger charge is 2.23. The zero-order chi connectivity index (χ0) is 11.7. The van der Waals surface area contributed by atoms with Gasteiger partial charge in [0, 0.05) is 25.2 Å². The van der Waals surface area contributed by atoms with Gasteiger partial charge in [0.25, 0.3) is 0 Å². The second-order valence-corrected chi connectivity index (χ2v) is 4.70. The summed E-state index contributed by atoms with van der Waals surface area (Å²) in [5.41, 5.74) is 3.43. The van der Waals surface area contributed by atoms with Crippen molar-refractivity contribution < 1.29 is 5.11 Å². The van der Waals surface area contributed by atoms with E-state index in [9.17, 15) is 5.11 Å². The van der Waals surface area contributed by atoms with Crippen molar-refractivity contribution in [2.45, 2.75) is 19.9 Å². The molecule has 1 saturated heterocycles. The van der Waals surface area contributed by atoms with Crippen molar-refractivity contribution >= 4 is 0 Å². The molecule has 1 atom stereocenters. The van der Waals surface area contributed by atoms with Crippen LogP contribution in [0, 0.1) is 13.8 Å². The van der Waals surface area contributed by atoms with E-state index in [1.165, 1.54) is 5.56 Å². The van der Waals surface area contributed by atoms with Gasteiger partial charge in [-0.1, -0.05) is 6.07 Å². The summed E-state index contributed by atoms with van der Waals surface area (Å²) >= 11 is 0. The van der Waals surface area contributed by atoms with Gasteiger partial charge in [-0.15, -0.1) is 0 Å². The van der Waals surface area contributed by atoms with Gasteiger partial charge >= 0.3 is 0 Å². The smallest absolute Gasteiger partial charge is 0.120 e. The molecule has 3 nitrogen and oxygen atoms in total. The quantitative estimate of drug-likeness (QED) is 0.754. The van der Waals surface area contributed by atoms with Crippen LogP contribution in [0.2, 0.25) is 0 Å². The molecule has 1 aromatic rings. The zero-order valence-electron chi connectivity index (χ0n) is 10.2. The molecular weight excluding hydrogens is 200 g/mol. The molecule has 1 aromatic carbocycles. The fourth-order valence-corrected chi connectivity index (χ4v) is 2.24. The summed E-state index contributed by atoms with van der Waals surface area (Å²) in [7, 11) is 2.11. The Bertz CT molecular complexity index is 390. The first-order chi connectivity index (χ1) is 7.59. The highest BCUT2D eigenvalue weighted by molar-refractivity contribution is 5.42. The average molecular weight is 220 g/mol. The van der Waals surface area contributed by atoms with Crippen LogP contribution < -0.4 is 5.32 Å². The van der Waals surface area contributed by atoms with E-state index < -0.39 is 0 Å². The SMILES string of the molecule is Cc1cc(O)c(C2CNCCN2C)cc1C. The van der Waals surface area contributed by atoms with Crippen LogP contribution in [-0.4, -0.2) is 36.7 Å². The summed E-state index contributed by atoms with van der Waals surface area (Å²) in [6, 6.07) is 4.26. The molecule has 2 rings (SSSR count). The number of aryl methyl sites for hydroxylation is 2. The predicted octanol–water partition coefficient (Wildman–Crippen LogP) is 1.59. The highest BCUT2D eigenvalue weighted by atomic mass is 16.3. The maximum atomic E-state index is 10.0. The van der Waals surface area contributed by atoms with Crippen molar-refractivity contribution in [3.05, 3.63) is 28.8 Å². The Morgan fingerprint density at radius 1 is 1.31 bits per heavy atom. The second-order valence-electron chi connectivity index (χ2n) is 4.70. The van der Waals surface area contributed by atoms with Crippen molar-refractivity contribution in [3.63, 3.8) is 0 Å². The third kappa shape index (κ3) is 2.06. The summed E-state index contributed by atoms with van der Waals surface area (Å²) in [6.45, 7) is 7.08. The van der Waals surface area contributed by atoms with E-state index in [0.717, 1.165) is 30.8 Å². The number of hydrogen-bond acceptors (Lipinski definition) is 3. The van der Waals surface area contributed by atoms with Crippen molar-refractivity contribution in [1.29, 1.82) is 0 Å². The maximum absolute atomic E-state index is 10.0. The predicted molar refractivity (Wildman–Crippen MR) is 65.8 cm³/mol. The monoisotopic (exact) mass is 220 g/mol. The van der Waals surface area contributed by atoms with Crippen LogP contribution in [-0.2, 0) is 0 Å². The van der Waals surface area contributed by atoms with Gasteiger partial charge in [0.05, 0.1) is 6.04 Å². The van der Waals surface area contributed by atoms with Crippen LogP contribution in [0.5, 0.6) is 5.75 Å². The number of aromatic hydroxyl groups is 1. The van der Waals surface area contributed by atoms with Gasteiger partial charge in [-0.2, -0.15) is 0 Å². The standard InChI is InChI=1S/C13H20N2O/c1-9-6-11(13(16)7-10(9)2)12-8-14-4-5-15(12)3/h6-7,12,14,16H,4-5,8H2,1-3H3. The lowest BCUT2D eigenvalue weighted by atomic mass is 9.98. The van der Waals surface area contributed by atoms with E-state index in [1.807, 2.05) is 13.0 Å². The third-order valence-corrected chi connectivity index (χ3v) is 3.51. The highest BCUT2D eigenvalue weighted by Crippen LogP contribution is 2.31. The Balaban J connectivity index is 2.35. The van der Waals surface area contributed by atoms with Crippen LogP contribution in [0.25, 0.3) is 0 Å². The minimum absolute atomic E-state index is 0.285. The molecule has 16 heavy (non-hydrogen) atoms. The van der Waals surface area contributed by atoms with Gasteiger partial charge in [-0.25, -0.2) is 0 Å². The van der Waals surface area contributed by atoms with Crippen LogP contribution >= 0.6 is 0 Å². The van der Waals surface area contributed by atoms with Gasteiger partial charge in [0.1, 0.15) is 5.75 Å². The minimum Gasteiger partial charge on any atom is -0.508 e. The van der Waals surface area contributed by atoms with E-state index in [4.69, 9.17) is 0 Å². The number of nitrogens with one attached hydrogen (secondary N) is 1. The van der Waals surface area contributed by atoms with E-state index in [0.29, 0.717) is 5.75 Å². The van der Waals surface area contributed by atoms with Gasteiger partial charge < -0.3 is 10.4 Å². The average Bonchev–Trinajstić information content (AvgIpc) is 2.25. The number of benzene rings is 1. The third-order valence-electron chi connectivity index (χ3n) is 3.51. The number of nitrogens with zero attached hydrogens (tertiary/aromatic N) is 1. The fraction of sp³-hybridized carbons (Fsp3) is 0.538. The number of piperazine rings is 1. The first kappa shape index (κ1) is 11.4. The van der Waals surface area contributed by atoms with E-state index in [-0.39, 0.29) is 6.04 Å². The Kier molecular flexibility index (Phi) is 3.17. The lowest BCUT2D eigenvalue weighted by Gasteiger charge is -2.34. The number of phenols is 1. The molecule has 0 saturated carbocycles. The lowest BCUT2D eigenvalue weighted by Crippen LogP contribution is -2.43. The van der Waals surface area contributed by atoms with E-state index in [2.05, 4.69) is 30.3 Å². The molecular formula is C13H20N2O. The minimum atomic E-state index is 0.285. The topological polar surface area (TPSA) is 35.5 Å². The summed E-state index contributed by atoms with van der Waals surface area (Å²) in [4.78, 5) is 2.29. The number of phenolic OH excluding ortho intramolecular Hbond substituents is 1. The zero-order valence-corrected chi connectivity index (χ0v) is 10.2. The summed E-state index contributed by atoms with van der Waals surface area (Å²) in [6.07, 6.45) is 0. The largest absolute Gasteiger partial charge is 0.508 e. The molecule has 3 heteroatoms. The van der Waals surface area contributed by atoms with Gasteiger partial charge in [0.2, 0.25) is 0 Å². The van der Waals surface area contributed by atoms with Gasteiger partial charge in [0.15, 0.2) is 0 Å². The molecule has 0 aliphatic carbocycles. The Labute approximate surface area is 97.1 Å². The van der Waals surface area contributed by atoms with Crippen LogP contribution in [0.1, 0.15) is 22.7 Å². The van der Waals surface area contributed by atoms with Crippen molar-refractivity contribution in [2.24, 2.45) is 0 Å². The van der Waals surface area contributed by atoms with Gasteiger partial charge in [-0.3, -0.25) is 4.90 Å². The van der Waals surface area contributed by atoms with Crippen molar-refractivity contribution in [3.8, 4) is 5.75 Å². The van der Waals surface area contributed by atoms with Crippen LogP contribution in [0.15, 0.2) is 12.1 Å². The summed E-state index contributed by atoms with van der Waals surface area (Å²) in [5.74, 6) is 0.420. The number of rotatable bonds is 1. The first-order valence-corrected chi connectivity index (χ1v) is 5.80. The van der Waals surface area contributed by atoms with Crippen molar-refractivity contribution in [1.82, 2.24) is 10.2 Å². The van der Waals surface area contributed by atoms with Crippen LogP contribution in [0.3, 0.4) is 0 Å². The maximum Gasteiger partial charge on any atom is 0.120 e. The molecule has 0 bridgehead atoms. The molecule has 0 radical (unpaired) electrons. The Morgan fingerprint density at radius 2 is 2.00 bits per heavy atom. The van der Waals surface area contributed by atoms with E-state index in [1.54, 1.807) is 0 Å². The Hall–Kier alpha value is -1.06. The summed E-state index contributed by atoms with van der Waals surface area (Å²) < 4.78 is 0. The fourth-order valence-electron chi connectivity index (χ4n) is 2.24. The molecule has 1 aliphatic rings. The molecule has 1 aliphatic heterocycles. The molecule has 88 valence electrons. The molecule has 2 N–H and O–H groups in total. The Morgan fingerprint density at radius 3 is 2.69 bits per heavy atom. The molecule has 1 unspecified atom stereocenters. The van der Waals surface area contributed by atoms with Crippen molar-refractivity contribution in [2.75, 3.05) is 26.7 Å². The molecule has 1 fully saturated rings. The number of likely N-dealkylation sites (N-methyl/N-ethyl adjacent to an activating group) is 1.